The Labute approximate surface area is 91.6 Å². The Bertz CT molecular complexity index is 328. The molecule has 0 unspecified atom stereocenters. The quantitative estimate of drug-likeness (QED) is 0.563. The number of aryl methyl sites for hydroxylation is 1. The molecule has 1 aromatic carbocycles. The number of benzene rings is 1. The van der Waals surface area contributed by atoms with Crippen molar-refractivity contribution in [3.05, 3.63) is 29.8 Å². The molecule has 0 aliphatic heterocycles. The molecule has 2 heteroatoms. The topological polar surface area (TPSA) is 21.3 Å². The molecule has 0 atom stereocenters. The molecule has 0 amide bonds. The molecule has 80 valence electrons. The van der Waals surface area contributed by atoms with Crippen LogP contribution in [-0.2, 0) is 6.42 Å². The number of rotatable bonds is 6. The maximum atomic E-state index is 5.64. The van der Waals surface area contributed by atoms with Crippen LogP contribution in [0.15, 0.2) is 24.3 Å². The zero-order valence-electron chi connectivity index (χ0n) is 9.12. The maximum Gasteiger partial charge on any atom is 0.122 e. The minimum atomic E-state index is 0.596. The lowest BCUT2D eigenvalue weighted by molar-refractivity contribution is 0.314. The third-order valence-corrected chi connectivity index (χ3v) is 2.12. The number of ether oxygens (including phenoxy) is 1. The molecule has 2 nitrogen and oxygen atoms in total. The number of terminal acetylenes is 1. The van der Waals surface area contributed by atoms with Crippen molar-refractivity contribution >= 4 is 0 Å². The second-order valence-corrected chi connectivity index (χ2v) is 3.19. The number of nitrogens with one attached hydrogen (secondary N) is 1. The molecule has 0 aromatic heterocycles. The van der Waals surface area contributed by atoms with Gasteiger partial charge in [0.25, 0.3) is 0 Å². The first kappa shape index (κ1) is 11.6. The standard InChI is InChI=1S/C13H17NO/c1-3-9-14-10-11-15-13-8-6-5-7-12(13)4-2/h1,5-8,14H,4,9-11H2,2H3. The lowest BCUT2D eigenvalue weighted by Crippen LogP contribution is -2.21. The van der Waals surface area contributed by atoms with Crippen LogP contribution in [0.3, 0.4) is 0 Å². The lowest BCUT2D eigenvalue weighted by Gasteiger charge is -2.09. The highest BCUT2D eigenvalue weighted by molar-refractivity contribution is 5.33. The number of para-hydroxylation sites is 1. The summed E-state index contributed by atoms with van der Waals surface area (Å²) in [7, 11) is 0. The van der Waals surface area contributed by atoms with Crippen molar-refractivity contribution in [2.24, 2.45) is 0 Å². The van der Waals surface area contributed by atoms with Gasteiger partial charge < -0.3 is 10.1 Å². The van der Waals surface area contributed by atoms with Crippen LogP contribution in [0.1, 0.15) is 12.5 Å². The van der Waals surface area contributed by atoms with Gasteiger partial charge in [0.15, 0.2) is 0 Å². The zero-order chi connectivity index (χ0) is 10.9. The van der Waals surface area contributed by atoms with Gasteiger partial charge in [0.1, 0.15) is 12.4 Å². The Morgan fingerprint density at radius 3 is 2.93 bits per heavy atom. The predicted octanol–water partition coefficient (Wildman–Crippen LogP) is 1.85. The average Bonchev–Trinajstić information content (AvgIpc) is 2.29. The van der Waals surface area contributed by atoms with Crippen LogP contribution in [0.2, 0.25) is 0 Å². The van der Waals surface area contributed by atoms with E-state index < -0.39 is 0 Å². The van der Waals surface area contributed by atoms with Crippen molar-refractivity contribution < 1.29 is 4.74 Å². The van der Waals surface area contributed by atoms with E-state index in [1.54, 1.807) is 0 Å². The molecular formula is C13H17NO. The van der Waals surface area contributed by atoms with Gasteiger partial charge in [0.2, 0.25) is 0 Å². The fourth-order valence-electron chi connectivity index (χ4n) is 1.33. The molecule has 15 heavy (non-hydrogen) atoms. The Balaban J connectivity index is 2.34. The van der Waals surface area contributed by atoms with Crippen molar-refractivity contribution in [2.75, 3.05) is 19.7 Å². The van der Waals surface area contributed by atoms with Crippen molar-refractivity contribution in [2.45, 2.75) is 13.3 Å². The fourth-order valence-corrected chi connectivity index (χ4v) is 1.33. The monoisotopic (exact) mass is 203 g/mol. The Kier molecular flexibility index (Phi) is 5.35. The summed E-state index contributed by atoms with van der Waals surface area (Å²) in [5.74, 6) is 3.50. The molecule has 1 rings (SSSR count). The second kappa shape index (κ2) is 6.92. The van der Waals surface area contributed by atoms with Gasteiger partial charge in [-0.15, -0.1) is 6.42 Å². The predicted molar refractivity (Wildman–Crippen MR) is 63.0 cm³/mol. The minimum absolute atomic E-state index is 0.596. The summed E-state index contributed by atoms with van der Waals surface area (Å²) in [6, 6.07) is 8.11. The molecule has 0 saturated heterocycles. The first-order chi connectivity index (χ1) is 7.38. The Morgan fingerprint density at radius 1 is 1.40 bits per heavy atom. The maximum absolute atomic E-state index is 5.64. The van der Waals surface area contributed by atoms with Crippen LogP contribution in [0.4, 0.5) is 0 Å². The van der Waals surface area contributed by atoms with Gasteiger partial charge in [-0.3, -0.25) is 0 Å². The normalized spacial score (nSPS) is 9.60. The van der Waals surface area contributed by atoms with Crippen molar-refractivity contribution in [3.63, 3.8) is 0 Å². The number of hydrogen-bond donors (Lipinski definition) is 1. The summed E-state index contributed by atoms with van der Waals surface area (Å²) >= 11 is 0. The van der Waals surface area contributed by atoms with Gasteiger partial charge in [-0.25, -0.2) is 0 Å². The Hall–Kier alpha value is -1.46. The van der Waals surface area contributed by atoms with Crippen molar-refractivity contribution in [3.8, 4) is 18.1 Å². The van der Waals surface area contributed by atoms with E-state index in [9.17, 15) is 0 Å². The van der Waals surface area contributed by atoms with E-state index in [4.69, 9.17) is 11.2 Å². The second-order valence-electron chi connectivity index (χ2n) is 3.19. The smallest absolute Gasteiger partial charge is 0.122 e. The van der Waals surface area contributed by atoms with Gasteiger partial charge in [-0.1, -0.05) is 31.0 Å². The van der Waals surface area contributed by atoms with Gasteiger partial charge in [0.05, 0.1) is 6.54 Å². The summed E-state index contributed by atoms with van der Waals surface area (Å²) in [5, 5.41) is 3.08. The highest BCUT2D eigenvalue weighted by atomic mass is 16.5. The van der Waals surface area contributed by atoms with Crippen molar-refractivity contribution in [1.29, 1.82) is 0 Å². The van der Waals surface area contributed by atoms with Crippen molar-refractivity contribution in [1.82, 2.24) is 5.32 Å². The SMILES string of the molecule is C#CCNCCOc1ccccc1CC. The average molecular weight is 203 g/mol. The van der Waals surface area contributed by atoms with Crippen LogP contribution in [0, 0.1) is 12.3 Å². The van der Waals surface area contributed by atoms with Crippen LogP contribution in [0.25, 0.3) is 0 Å². The number of hydrogen-bond acceptors (Lipinski definition) is 2. The molecule has 1 aromatic rings. The van der Waals surface area contributed by atoms with Gasteiger partial charge in [-0.05, 0) is 18.1 Å². The summed E-state index contributed by atoms with van der Waals surface area (Å²) in [6.07, 6.45) is 6.11. The summed E-state index contributed by atoms with van der Waals surface area (Å²) in [6.45, 7) is 4.15. The van der Waals surface area contributed by atoms with E-state index in [0.717, 1.165) is 18.7 Å². The zero-order valence-corrected chi connectivity index (χ0v) is 9.12. The molecular weight excluding hydrogens is 186 g/mol. The van der Waals surface area contributed by atoms with Gasteiger partial charge in [-0.2, -0.15) is 0 Å². The summed E-state index contributed by atoms with van der Waals surface area (Å²) < 4.78 is 5.64. The van der Waals surface area contributed by atoms with E-state index in [2.05, 4.69) is 24.2 Å². The van der Waals surface area contributed by atoms with Crippen LogP contribution >= 0.6 is 0 Å². The first-order valence-corrected chi connectivity index (χ1v) is 5.23. The molecule has 0 bridgehead atoms. The lowest BCUT2D eigenvalue weighted by atomic mass is 10.1. The van der Waals surface area contributed by atoms with Gasteiger partial charge in [0, 0.05) is 6.54 Å². The molecule has 0 heterocycles. The fraction of sp³-hybridized carbons (Fsp3) is 0.385. The summed E-state index contributed by atoms with van der Waals surface area (Å²) in [5.41, 5.74) is 1.24. The van der Waals surface area contributed by atoms with E-state index in [1.165, 1.54) is 5.56 Å². The van der Waals surface area contributed by atoms with E-state index in [1.807, 2.05) is 18.2 Å². The first-order valence-electron chi connectivity index (χ1n) is 5.23. The highest BCUT2D eigenvalue weighted by Crippen LogP contribution is 2.17. The van der Waals surface area contributed by atoms with E-state index >= 15 is 0 Å². The molecule has 0 spiro atoms. The Morgan fingerprint density at radius 2 is 2.20 bits per heavy atom. The molecule has 0 aliphatic carbocycles. The third kappa shape index (κ3) is 4.05. The van der Waals surface area contributed by atoms with Crippen LogP contribution in [0.5, 0.6) is 5.75 Å². The molecule has 0 aliphatic rings. The van der Waals surface area contributed by atoms with E-state index in [-0.39, 0.29) is 0 Å². The minimum Gasteiger partial charge on any atom is -0.492 e. The van der Waals surface area contributed by atoms with Gasteiger partial charge >= 0.3 is 0 Å². The molecule has 0 fully saturated rings. The van der Waals surface area contributed by atoms with E-state index in [0.29, 0.717) is 13.2 Å². The van der Waals surface area contributed by atoms with Crippen LogP contribution < -0.4 is 10.1 Å². The molecule has 1 N–H and O–H groups in total. The highest BCUT2D eigenvalue weighted by Gasteiger charge is 1.99. The molecule has 0 radical (unpaired) electrons. The third-order valence-electron chi connectivity index (χ3n) is 2.12. The summed E-state index contributed by atoms with van der Waals surface area (Å²) in [4.78, 5) is 0. The van der Waals surface area contributed by atoms with Crippen LogP contribution in [-0.4, -0.2) is 19.7 Å². The largest absolute Gasteiger partial charge is 0.492 e. The molecule has 0 saturated carbocycles.